The van der Waals surface area contributed by atoms with Gasteiger partial charge in [-0.1, -0.05) is 48.5 Å². The third-order valence-corrected chi connectivity index (χ3v) is 4.72. The molecular weight excluding hydrogens is 379 g/mol. The minimum atomic E-state index is -0.485. The van der Waals surface area contributed by atoms with E-state index in [1.54, 1.807) is 36.4 Å². The summed E-state index contributed by atoms with van der Waals surface area (Å²) in [6.07, 6.45) is 1.88. The van der Waals surface area contributed by atoms with Crippen molar-refractivity contribution in [2.24, 2.45) is 0 Å². The van der Waals surface area contributed by atoms with Gasteiger partial charge in [-0.2, -0.15) is 5.26 Å². The number of nitrogens with zero attached hydrogens (tertiary/aromatic N) is 1. The molecule has 3 aromatic carbocycles. The Morgan fingerprint density at radius 2 is 1.83 bits per heavy atom. The van der Waals surface area contributed by atoms with Crippen LogP contribution < -0.4 is 10.1 Å². The van der Waals surface area contributed by atoms with Crippen molar-refractivity contribution in [3.05, 3.63) is 100 Å². The Hall–Kier alpha value is -3.91. The number of ether oxygens (including phenoxy) is 1. The molecule has 0 aliphatic rings. The summed E-state index contributed by atoms with van der Waals surface area (Å²) in [5, 5.41) is 12.2. The van der Waals surface area contributed by atoms with Crippen LogP contribution in [0.15, 0.2) is 72.3 Å². The van der Waals surface area contributed by atoms with Crippen LogP contribution in [0.25, 0.3) is 6.08 Å². The monoisotopic (exact) mass is 400 g/mol. The molecule has 3 rings (SSSR count). The first-order chi connectivity index (χ1) is 14.5. The van der Waals surface area contributed by atoms with Crippen molar-refractivity contribution in [1.82, 2.24) is 0 Å². The molecule has 0 aliphatic carbocycles. The van der Waals surface area contributed by atoms with Gasteiger partial charge < -0.3 is 10.1 Å². The molecule has 0 saturated heterocycles. The first-order valence-electron chi connectivity index (χ1n) is 9.41. The van der Waals surface area contributed by atoms with Gasteiger partial charge in [0.25, 0.3) is 5.91 Å². The van der Waals surface area contributed by atoms with Crippen molar-refractivity contribution in [1.29, 1.82) is 5.26 Å². The molecule has 0 atom stereocenters. The van der Waals surface area contributed by atoms with Crippen LogP contribution in [0.5, 0.6) is 5.75 Å². The fourth-order valence-electron chi connectivity index (χ4n) is 3.06. The number of benzene rings is 3. The van der Waals surface area contributed by atoms with Gasteiger partial charge in [0.2, 0.25) is 0 Å². The lowest BCUT2D eigenvalue weighted by molar-refractivity contribution is -0.112. The average Bonchev–Trinajstić information content (AvgIpc) is 2.76. The summed E-state index contributed by atoms with van der Waals surface area (Å²) in [5.41, 5.74) is 3.54. The molecule has 0 aromatic heterocycles. The number of aryl methyl sites for hydroxylation is 1. The maximum absolute atomic E-state index is 14.0. The van der Waals surface area contributed by atoms with Crippen LogP contribution in [-0.4, -0.2) is 13.0 Å². The number of halogens is 1. The maximum atomic E-state index is 14.0. The highest BCUT2D eigenvalue weighted by atomic mass is 19.1. The number of nitrogens with one attached hydrogen (secondary N) is 1. The number of anilines is 1. The topological polar surface area (TPSA) is 62.1 Å². The second-order valence-corrected chi connectivity index (χ2v) is 6.78. The van der Waals surface area contributed by atoms with Gasteiger partial charge in [0.15, 0.2) is 0 Å². The van der Waals surface area contributed by atoms with E-state index in [2.05, 4.69) is 5.32 Å². The SMILES string of the molecule is COc1cc(/C=C(\C#N)C(=O)Nc2ccccc2C)ccc1Cc1ccccc1F. The van der Waals surface area contributed by atoms with Gasteiger partial charge >= 0.3 is 0 Å². The number of hydrogen-bond donors (Lipinski definition) is 1. The van der Waals surface area contributed by atoms with Crippen LogP contribution in [0.2, 0.25) is 0 Å². The molecule has 0 unspecified atom stereocenters. The van der Waals surface area contributed by atoms with Crippen molar-refractivity contribution in [3.63, 3.8) is 0 Å². The van der Waals surface area contributed by atoms with Gasteiger partial charge in [0.05, 0.1) is 7.11 Å². The van der Waals surface area contributed by atoms with Crippen molar-refractivity contribution in [2.45, 2.75) is 13.3 Å². The zero-order valence-corrected chi connectivity index (χ0v) is 16.8. The summed E-state index contributed by atoms with van der Waals surface area (Å²) >= 11 is 0. The fourth-order valence-corrected chi connectivity index (χ4v) is 3.06. The largest absolute Gasteiger partial charge is 0.496 e. The smallest absolute Gasteiger partial charge is 0.266 e. The van der Waals surface area contributed by atoms with Gasteiger partial charge in [-0.15, -0.1) is 0 Å². The summed E-state index contributed by atoms with van der Waals surface area (Å²) in [7, 11) is 1.53. The van der Waals surface area contributed by atoms with Crippen molar-refractivity contribution in [3.8, 4) is 11.8 Å². The predicted molar refractivity (Wildman–Crippen MR) is 116 cm³/mol. The zero-order chi connectivity index (χ0) is 21.5. The highest BCUT2D eigenvalue weighted by molar-refractivity contribution is 6.10. The third kappa shape index (κ3) is 4.92. The summed E-state index contributed by atoms with van der Waals surface area (Å²) in [6, 6.07) is 21.2. The number of para-hydroxylation sites is 1. The molecule has 0 saturated carbocycles. The second-order valence-electron chi connectivity index (χ2n) is 6.78. The highest BCUT2D eigenvalue weighted by Crippen LogP contribution is 2.25. The minimum Gasteiger partial charge on any atom is -0.496 e. The molecule has 0 radical (unpaired) electrons. The van der Waals surface area contributed by atoms with E-state index in [1.165, 1.54) is 19.3 Å². The number of carbonyl (C=O) groups is 1. The summed E-state index contributed by atoms with van der Waals surface area (Å²) in [6.45, 7) is 1.88. The van der Waals surface area contributed by atoms with E-state index in [1.807, 2.05) is 37.3 Å². The molecule has 1 amide bonds. The maximum Gasteiger partial charge on any atom is 0.266 e. The fraction of sp³-hybridized carbons (Fsp3) is 0.120. The number of hydrogen-bond acceptors (Lipinski definition) is 3. The molecule has 0 heterocycles. The molecule has 5 heteroatoms. The highest BCUT2D eigenvalue weighted by Gasteiger charge is 2.12. The Morgan fingerprint density at radius 3 is 2.53 bits per heavy atom. The van der Waals surface area contributed by atoms with Crippen LogP contribution in [0, 0.1) is 24.1 Å². The summed E-state index contributed by atoms with van der Waals surface area (Å²) < 4.78 is 19.4. The number of rotatable bonds is 6. The Bertz CT molecular complexity index is 1150. The average molecular weight is 400 g/mol. The van der Waals surface area contributed by atoms with Gasteiger partial charge in [-0.05, 0) is 53.5 Å². The van der Waals surface area contributed by atoms with Crippen LogP contribution in [0.4, 0.5) is 10.1 Å². The third-order valence-electron chi connectivity index (χ3n) is 4.72. The minimum absolute atomic E-state index is 0.0258. The van der Waals surface area contributed by atoms with E-state index in [9.17, 15) is 14.4 Å². The standard InChI is InChI=1S/C25H21FN2O2/c1-17-7-3-6-10-23(17)28-25(29)21(16-27)13-18-11-12-20(24(14-18)30-2)15-19-8-4-5-9-22(19)26/h3-14H,15H2,1-2H3,(H,28,29)/b21-13+. The van der Waals surface area contributed by atoms with E-state index < -0.39 is 5.91 Å². The lowest BCUT2D eigenvalue weighted by Crippen LogP contribution is -2.14. The summed E-state index contributed by atoms with van der Waals surface area (Å²) in [5.74, 6) is -0.201. The van der Waals surface area contributed by atoms with E-state index in [-0.39, 0.29) is 11.4 Å². The van der Waals surface area contributed by atoms with Crippen LogP contribution in [-0.2, 0) is 11.2 Å². The van der Waals surface area contributed by atoms with Crippen molar-refractivity contribution in [2.75, 3.05) is 12.4 Å². The van der Waals surface area contributed by atoms with Crippen molar-refractivity contribution < 1.29 is 13.9 Å². The predicted octanol–water partition coefficient (Wildman–Crippen LogP) is 5.28. The number of nitriles is 1. The first-order valence-corrected chi connectivity index (χ1v) is 9.41. The second kappa shape index (κ2) is 9.53. The van der Waals surface area contributed by atoms with Crippen LogP contribution in [0.1, 0.15) is 22.3 Å². The van der Waals surface area contributed by atoms with Gasteiger partial charge in [-0.25, -0.2) is 4.39 Å². The normalized spacial score (nSPS) is 10.9. The van der Waals surface area contributed by atoms with E-state index in [4.69, 9.17) is 4.74 Å². The summed E-state index contributed by atoms with van der Waals surface area (Å²) in [4.78, 5) is 12.5. The Kier molecular flexibility index (Phi) is 6.61. The quantitative estimate of drug-likeness (QED) is 0.452. The lowest BCUT2D eigenvalue weighted by Gasteiger charge is -2.11. The molecule has 0 bridgehead atoms. The van der Waals surface area contributed by atoms with E-state index in [0.29, 0.717) is 29.0 Å². The van der Waals surface area contributed by atoms with Crippen LogP contribution in [0.3, 0.4) is 0 Å². The Labute approximate surface area is 175 Å². The van der Waals surface area contributed by atoms with Crippen molar-refractivity contribution >= 4 is 17.7 Å². The molecular formula is C25H21FN2O2. The molecule has 150 valence electrons. The Morgan fingerprint density at radius 1 is 1.10 bits per heavy atom. The molecule has 3 aromatic rings. The number of methoxy groups -OCH3 is 1. The Balaban J connectivity index is 1.84. The molecule has 0 spiro atoms. The van der Waals surface area contributed by atoms with Gasteiger partial charge in [-0.3, -0.25) is 4.79 Å². The van der Waals surface area contributed by atoms with Crippen LogP contribution >= 0.6 is 0 Å². The number of carbonyl (C=O) groups excluding carboxylic acids is 1. The molecule has 0 aliphatic heterocycles. The number of amides is 1. The first kappa shape index (κ1) is 20.8. The van der Waals surface area contributed by atoms with E-state index >= 15 is 0 Å². The molecule has 4 nitrogen and oxygen atoms in total. The molecule has 30 heavy (non-hydrogen) atoms. The van der Waals surface area contributed by atoms with E-state index in [0.717, 1.165) is 11.1 Å². The van der Waals surface area contributed by atoms with Gasteiger partial charge in [0, 0.05) is 12.1 Å². The molecule has 0 fully saturated rings. The lowest BCUT2D eigenvalue weighted by atomic mass is 10.0. The van der Waals surface area contributed by atoms with Gasteiger partial charge in [0.1, 0.15) is 23.2 Å². The molecule has 1 N–H and O–H groups in total. The zero-order valence-electron chi connectivity index (χ0n) is 16.8.